The smallest absolute Gasteiger partial charge is 0.0456 e. The van der Waals surface area contributed by atoms with E-state index in [0.717, 1.165) is 19.5 Å². The first-order valence-electron chi connectivity index (χ1n) is 6.39. The standard InChI is InChI=1S/C14H19N3/c15-7-5-14-11(6-8-16-14)12-9-17-13-4-2-1-3-10(12)13/h1-4,9,11,14,16-17H,5-8,15H2. The molecule has 3 heteroatoms. The molecular formula is C14H19N3. The Morgan fingerprint density at radius 2 is 2.18 bits per heavy atom. The molecule has 17 heavy (non-hydrogen) atoms. The summed E-state index contributed by atoms with van der Waals surface area (Å²) in [5.41, 5.74) is 8.37. The number of nitrogens with one attached hydrogen (secondary N) is 2. The lowest BCUT2D eigenvalue weighted by atomic mass is 9.90. The third-order valence-electron chi connectivity index (χ3n) is 3.85. The fourth-order valence-electron chi connectivity index (χ4n) is 3.02. The minimum Gasteiger partial charge on any atom is -0.361 e. The molecule has 0 bridgehead atoms. The minimum absolute atomic E-state index is 0.541. The minimum atomic E-state index is 0.541. The summed E-state index contributed by atoms with van der Waals surface area (Å²) in [7, 11) is 0. The number of rotatable bonds is 3. The van der Waals surface area contributed by atoms with Gasteiger partial charge in [-0.15, -0.1) is 0 Å². The normalized spacial score (nSPS) is 24.5. The summed E-state index contributed by atoms with van der Waals surface area (Å²) in [5.74, 6) is 0.606. The molecule has 0 spiro atoms. The first-order valence-corrected chi connectivity index (χ1v) is 6.39. The van der Waals surface area contributed by atoms with Gasteiger partial charge in [0.1, 0.15) is 0 Å². The Kier molecular flexibility index (Phi) is 2.87. The van der Waals surface area contributed by atoms with Crippen LogP contribution in [0.4, 0.5) is 0 Å². The Morgan fingerprint density at radius 1 is 1.29 bits per heavy atom. The Bertz CT molecular complexity index is 503. The van der Waals surface area contributed by atoms with E-state index in [0.29, 0.717) is 12.0 Å². The molecule has 1 aliphatic heterocycles. The van der Waals surface area contributed by atoms with Gasteiger partial charge in [-0.1, -0.05) is 18.2 Å². The van der Waals surface area contributed by atoms with Crippen LogP contribution in [0.3, 0.4) is 0 Å². The van der Waals surface area contributed by atoms with Crippen LogP contribution in [0.25, 0.3) is 10.9 Å². The van der Waals surface area contributed by atoms with Crippen LogP contribution in [-0.4, -0.2) is 24.1 Å². The highest BCUT2D eigenvalue weighted by Crippen LogP contribution is 2.33. The Balaban J connectivity index is 1.97. The first-order chi connectivity index (χ1) is 8.40. The molecule has 3 rings (SSSR count). The van der Waals surface area contributed by atoms with Crippen LogP contribution in [0.15, 0.2) is 30.5 Å². The topological polar surface area (TPSA) is 53.8 Å². The van der Waals surface area contributed by atoms with Gasteiger partial charge in [0.2, 0.25) is 0 Å². The van der Waals surface area contributed by atoms with E-state index in [-0.39, 0.29) is 0 Å². The maximum atomic E-state index is 5.69. The number of H-pyrrole nitrogens is 1. The summed E-state index contributed by atoms with van der Waals surface area (Å²) in [6, 6.07) is 9.07. The Morgan fingerprint density at radius 3 is 3.06 bits per heavy atom. The van der Waals surface area contributed by atoms with Crippen molar-refractivity contribution >= 4 is 10.9 Å². The average molecular weight is 229 g/mol. The van der Waals surface area contributed by atoms with Gasteiger partial charge in [0.15, 0.2) is 0 Å². The van der Waals surface area contributed by atoms with Crippen molar-refractivity contribution in [3.8, 4) is 0 Å². The predicted molar refractivity (Wildman–Crippen MR) is 71.1 cm³/mol. The molecule has 1 saturated heterocycles. The summed E-state index contributed by atoms with van der Waals surface area (Å²) in [5, 5.41) is 4.93. The zero-order valence-electron chi connectivity index (χ0n) is 9.95. The van der Waals surface area contributed by atoms with Crippen molar-refractivity contribution in [1.29, 1.82) is 0 Å². The molecular weight excluding hydrogens is 210 g/mol. The average Bonchev–Trinajstić information content (AvgIpc) is 2.95. The molecule has 1 fully saturated rings. The quantitative estimate of drug-likeness (QED) is 0.753. The van der Waals surface area contributed by atoms with Crippen molar-refractivity contribution in [3.63, 3.8) is 0 Å². The second-order valence-electron chi connectivity index (χ2n) is 4.82. The fourth-order valence-corrected chi connectivity index (χ4v) is 3.02. The van der Waals surface area contributed by atoms with E-state index in [1.54, 1.807) is 0 Å². The molecule has 1 aliphatic rings. The van der Waals surface area contributed by atoms with E-state index in [9.17, 15) is 0 Å². The van der Waals surface area contributed by atoms with Crippen LogP contribution in [0.2, 0.25) is 0 Å². The van der Waals surface area contributed by atoms with E-state index < -0.39 is 0 Å². The van der Waals surface area contributed by atoms with Crippen molar-refractivity contribution < 1.29 is 0 Å². The molecule has 0 radical (unpaired) electrons. The molecule has 2 heterocycles. The molecule has 0 aliphatic carbocycles. The van der Waals surface area contributed by atoms with Gasteiger partial charge < -0.3 is 16.0 Å². The predicted octanol–water partition coefficient (Wildman–Crippen LogP) is 1.96. The van der Waals surface area contributed by atoms with Crippen molar-refractivity contribution in [2.75, 3.05) is 13.1 Å². The van der Waals surface area contributed by atoms with Gasteiger partial charge in [-0.05, 0) is 37.6 Å². The first kappa shape index (κ1) is 10.8. The lowest BCUT2D eigenvalue weighted by molar-refractivity contribution is 0.517. The molecule has 0 saturated carbocycles. The van der Waals surface area contributed by atoms with Crippen LogP contribution < -0.4 is 11.1 Å². The van der Waals surface area contributed by atoms with Crippen LogP contribution >= 0.6 is 0 Å². The second-order valence-corrected chi connectivity index (χ2v) is 4.82. The van der Waals surface area contributed by atoms with E-state index in [1.807, 2.05) is 0 Å². The van der Waals surface area contributed by atoms with Gasteiger partial charge in [0.25, 0.3) is 0 Å². The van der Waals surface area contributed by atoms with Gasteiger partial charge in [-0.3, -0.25) is 0 Å². The molecule has 2 atom stereocenters. The van der Waals surface area contributed by atoms with Crippen LogP contribution in [0.5, 0.6) is 0 Å². The molecule has 4 N–H and O–H groups in total. The fraction of sp³-hybridized carbons (Fsp3) is 0.429. The molecule has 90 valence electrons. The number of hydrogen-bond donors (Lipinski definition) is 3. The summed E-state index contributed by atoms with van der Waals surface area (Å²) in [4.78, 5) is 3.37. The van der Waals surface area contributed by atoms with Gasteiger partial charge in [0, 0.05) is 29.1 Å². The summed E-state index contributed by atoms with van der Waals surface area (Å²) in [6.45, 7) is 1.87. The lowest BCUT2D eigenvalue weighted by Crippen LogP contribution is -2.28. The number of aromatic nitrogens is 1. The van der Waals surface area contributed by atoms with Crippen molar-refractivity contribution in [2.24, 2.45) is 5.73 Å². The Hall–Kier alpha value is -1.32. The van der Waals surface area contributed by atoms with Crippen molar-refractivity contribution in [3.05, 3.63) is 36.0 Å². The van der Waals surface area contributed by atoms with E-state index >= 15 is 0 Å². The number of nitrogens with two attached hydrogens (primary N) is 1. The number of benzene rings is 1. The summed E-state index contributed by atoms with van der Waals surface area (Å²) in [6.07, 6.45) is 4.45. The van der Waals surface area contributed by atoms with E-state index in [4.69, 9.17) is 5.73 Å². The number of aromatic amines is 1. The van der Waals surface area contributed by atoms with Crippen LogP contribution in [0.1, 0.15) is 24.3 Å². The largest absolute Gasteiger partial charge is 0.361 e. The summed E-state index contributed by atoms with van der Waals surface area (Å²) < 4.78 is 0. The van der Waals surface area contributed by atoms with Gasteiger partial charge in [0.05, 0.1) is 0 Å². The molecule has 1 aromatic carbocycles. The van der Waals surface area contributed by atoms with Crippen LogP contribution in [0, 0.1) is 0 Å². The molecule has 2 aromatic rings. The van der Waals surface area contributed by atoms with Gasteiger partial charge in [-0.2, -0.15) is 0 Å². The number of para-hydroxylation sites is 1. The maximum Gasteiger partial charge on any atom is 0.0456 e. The third kappa shape index (κ3) is 1.85. The van der Waals surface area contributed by atoms with Crippen LogP contribution in [-0.2, 0) is 0 Å². The molecule has 2 unspecified atom stereocenters. The van der Waals surface area contributed by atoms with Crippen molar-refractivity contribution in [2.45, 2.75) is 24.8 Å². The lowest BCUT2D eigenvalue weighted by Gasteiger charge is -2.18. The van der Waals surface area contributed by atoms with Crippen molar-refractivity contribution in [1.82, 2.24) is 10.3 Å². The number of fused-ring (bicyclic) bond motifs is 1. The zero-order chi connectivity index (χ0) is 11.7. The third-order valence-corrected chi connectivity index (χ3v) is 3.85. The number of hydrogen-bond acceptors (Lipinski definition) is 2. The highest BCUT2D eigenvalue weighted by Gasteiger charge is 2.28. The molecule has 1 aromatic heterocycles. The Labute approximate surface area is 101 Å². The molecule has 0 amide bonds. The monoisotopic (exact) mass is 229 g/mol. The van der Waals surface area contributed by atoms with Gasteiger partial charge in [-0.25, -0.2) is 0 Å². The maximum absolute atomic E-state index is 5.69. The highest BCUT2D eigenvalue weighted by molar-refractivity contribution is 5.83. The summed E-state index contributed by atoms with van der Waals surface area (Å²) >= 11 is 0. The highest BCUT2D eigenvalue weighted by atomic mass is 15.0. The van der Waals surface area contributed by atoms with E-state index in [1.165, 1.54) is 22.9 Å². The SMILES string of the molecule is NCCC1NCCC1c1c[nH]c2ccccc12. The molecule has 3 nitrogen and oxygen atoms in total. The van der Waals surface area contributed by atoms with Gasteiger partial charge >= 0.3 is 0 Å². The van der Waals surface area contributed by atoms with E-state index in [2.05, 4.69) is 40.8 Å². The zero-order valence-corrected chi connectivity index (χ0v) is 9.95. The second kappa shape index (κ2) is 4.51.